The number of rotatable bonds is 7. The van der Waals surface area contributed by atoms with Gasteiger partial charge in [0.2, 0.25) is 5.91 Å². The Kier molecular flexibility index (Phi) is 4.65. The fourth-order valence-corrected chi connectivity index (χ4v) is 3.46. The van der Waals surface area contributed by atoms with Gasteiger partial charge in [-0.2, -0.15) is 0 Å². The maximum atomic E-state index is 12.4. The number of ether oxygens (including phenoxy) is 2. The van der Waals surface area contributed by atoms with Crippen molar-refractivity contribution in [2.75, 3.05) is 19.8 Å². The third-order valence-corrected chi connectivity index (χ3v) is 4.33. The zero-order chi connectivity index (χ0) is 15.5. The summed E-state index contributed by atoms with van der Waals surface area (Å²) in [6.07, 6.45) is 3.94. The lowest BCUT2D eigenvalue weighted by Gasteiger charge is -2.14. The molecule has 3 unspecified atom stereocenters. The summed E-state index contributed by atoms with van der Waals surface area (Å²) in [5, 5.41) is 2.59. The monoisotopic (exact) mass is 295 g/mol. The Morgan fingerprint density at radius 2 is 2.14 bits per heavy atom. The summed E-state index contributed by atoms with van der Waals surface area (Å²) in [5.41, 5.74) is -0.676. The van der Waals surface area contributed by atoms with Gasteiger partial charge in [-0.1, -0.05) is 19.1 Å². The summed E-state index contributed by atoms with van der Waals surface area (Å²) in [6.45, 7) is 5.48. The van der Waals surface area contributed by atoms with E-state index in [1.807, 2.05) is 0 Å². The van der Waals surface area contributed by atoms with Crippen molar-refractivity contribution in [2.45, 2.75) is 26.2 Å². The van der Waals surface area contributed by atoms with Gasteiger partial charge in [0.1, 0.15) is 13.2 Å². The van der Waals surface area contributed by atoms with Crippen LogP contribution in [0.1, 0.15) is 26.2 Å². The molecule has 0 heterocycles. The Balaban J connectivity index is 1.93. The van der Waals surface area contributed by atoms with Gasteiger partial charge in [-0.3, -0.25) is 14.4 Å². The summed E-state index contributed by atoms with van der Waals surface area (Å²) in [5.74, 6) is -1.39. The second kappa shape index (κ2) is 6.28. The highest BCUT2D eigenvalue weighted by Crippen LogP contribution is 2.68. The molecule has 0 aliphatic heterocycles. The highest BCUT2D eigenvalue weighted by atomic mass is 16.5. The van der Waals surface area contributed by atoms with Crippen LogP contribution in [0, 0.1) is 17.3 Å². The molecule has 6 nitrogen and oxygen atoms in total. The second-order valence-corrected chi connectivity index (χ2v) is 5.42. The van der Waals surface area contributed by atoms with Gasteiger partial charge in [0, 0.05) is 0 Å². The van der Waals surface area contributed by atoms with Crippen molar-refractivity contribution in [1.82, 2.24) is 5.32 Å². The van der Waals surface area contributed by atoms with Crippen molar-refractivity contribution in [2.24, 2.45) is 17.3 Å². The van der Waals surface area contributed by atoms with Gasteiger partial charge >= 0.3 is 11.9 Å². The average Bonchev–Trinajstić information content (AvgIpc) is 2.92. The number of nitrogens with one attached hydrogen (secondary N) is 1. The van der Waals surface area contributed by atoms with Gasteiger partial charge in [0.05, 0.1) is 17.9 Å². The molecular weight excluding hydrogens is 274 g/mol. The second-order valence-electron chi connectivity index (χ2n) is 5.42. The molecule has 6 heteroatoms. The van der Waals surface area contributed by atoms with Gasteiger partial charge in [-0.05, 0) is 25.7 Å². The first-order valence-electron chi connectivity index (χ1n) is 7.29. The quantitative estimate of drug-likeness (QED) is 0.555. The third kappa shape index (κ3) is 2.80. The van der Waals surface area contributed by atoms with E-state index in [1.165, 1.54) is 6.08 Å². The van der Waals surface area contributed by atoms with Gasteiger partial charge in [-0.15, -0.1) is 0 Å². The summed E-state index contributed by atoms with van der Waals surface area (Å²) in [4.78, 5) is 35.6. The molecule has 2 rings (SSSR count). The van der Waals surface area contributed by atoms with E-state index in [9.17, 15) is 14.4 Å². The van der Waals surface area contributed by atoms with Gasteiger partial charge in [-0.25, -0.2) is 0 Å². The molecule has 0 aromatic rings. The van der Waals surface area contributed by atoms with Crippen molar-refractivity contribution in [3.05, 3.63) is 12.7 Å². The zero-order valence-electron chi connectivity index (χ0n) is 12.2. The smallest absolute Gasteiger partial charge is 0.325 e. The largest absolute Gasteiger partial charge is 0.465 e. The molecule has 1 N–H and O–H groups in total. The van der Waals surface area contributed by atoms with E-state index in [4.69, 9.17) is 9.47 Å². The zero-order valence-corrected chi connectivity index (χ0v) is 12.2. The Morgan fingerprint density at radius 3 is 2.81 bits per heavy atom. The molecule has 2 fully saturated rings. The number of esters is 2. The summed E-state index contributed by atoms with van der Waals surface area (Å²) >= 11 is 0. The number of carbonyl (C=O) groups excluding carboxylic acids is 3. The molecule has 2 saturated carbocycles. The van der Waals surface area contributed by atoms with E-state index in [2.05, 4.69) is 11.9 Å². The van der Waals surface area contributed by atoms with Crippen molar-refractivity contribution >= 4 is 17.8 Å². The maximum absolute atomic E-state index is 12.4. The number of carbonyl (C=O) groups is 3. The first kappa shape index (κ1) is 15.5. The van der Waals surface area contributed by atoms with E-state index in [0.29, 0.717) is 6.42 Å². The average molecular weight is 295 g/mol. The van der Waals surface area contributed by atoms with E-state index >= 15 is 0 Å². The minimum atomic E-state index is -0.676. The van der Waals surface area contributed by atoms with Gasteiger partial charge in [0.25, 0.3) is 0 Å². The molecule has 1 amide bonds. The van der Waals surface area contributed by atoms with Crippen molar-refractivity contribution in [3.8, 4) is 0 Å². The van der Waals surface area contributed by atoms with Crippen LogP contribution in [0.15, 0.2) is 12.7 Å². The topological polar surface area (TPSA) is 81.7 Å². The molecule has 116 valence electrons. The Hall–Kier alpha value is -1.85. The Labute approximate surface area is 123 Å². The van der Waals surface area contributed by atoms with E-state index in [-0.39, 0.29) is 43.5 Å². The molecule has 0 aromatic heterocycles. The molecule has 0 saturated heterocycles. The first-order chi connectivity index (χ1) is 10.1. The fraction of sp³-hybridized carbons (Fsp3) is 0.667. The fourth-order valence-electron chi connectivity index (χ4n) is 3.46. The van der Waals surface area contributed by atoms with Crippen LogP contribution in [0.2, 0.25) is 0 Å². The molecule has 0 radical (unpaired) electrons. The molecular formula is C15H21NO5. The summed E-state index contributed by atoms with van der Waals surface area (Å²) < 4.78 is 9.83. The van der Waals surface area contributed by atoms with Crippen LogP contribution in [0.25, 0.3) is 0 Å². The van der Waals surface area contributed by atoms with Crippen LogP contribution < -0.4 is 5.32 Å². The molecule has 3 atom stereocenters. The lowest BCUT2D eigenvalue weighted by Crippen LogP contribution is -2.38. The molecule has 2 aliphatic rings. The van der Waals surface area contributed by atoms with Crippen LogP contribution in [0.5, 0.6) is 0 Å². The number of hydrogen-bond acceptors (Lipinski definition) is 5. The normalized spacial score (nSPS) is 29.2. The lowest BCUT2D eigenvalue weighted by atomic mass is 9.98. The number of hydrogen-bond donors (Lipinski definition) is 1. The highest BCUT2D eigenvalue weighted by Gasteiger charge is 2.74. The first-order valence-corrected chi connectivity index (χ1v) is 7.29. The molecule has 21 heavy (non-hydrogen) atoms. The molecule has 0 bridgehead atoms. The van der Waals surface area contributed by atoms with E-state index < -0.39 is 11.4 Å². The van der Waals surface area contributed by atoms with E-state index in [0.717, 1.165) is 12.8 Å². The van der Waals surface area contributed by atoms with Crippen molar-refractivity contribution < 1.29 is 23.9 Å². The number of amides is 1. The summed E-state index contributed by atoms with van der Waals surface area (Å²) in [7, 11) is 0. The minimum Gasteiger partial charge on any atom is -0.465 e. The van der Waals surface area contributed by atoms with Crippen LogP contribution >= 0.6 is 0 Å². The molecule has 0 aromatic carbocycles. The van der Waals surface area contributed by atoms with Crippen LogP contribution in [-0.4, -0.2) is 37.6 Å². The predicted molar refractivity (Wildman–Crippen MR) is 74.1 cm³/mol. The lowest BCUT2D eigenvalue weighted by molar-refractivity contribution is -0.147. The van der Waals surface area contributed by atoms with Crippen LogP contribution in [0.4, 0.5) is 0 Å². The molecule has 2 aliphatic carbocycles. The van der Waals surface area contributed by atoms with E-state index in [1.54, 1.807) is 6.92 Å². The maximum Gasteiger partial charge on any atom is 0.325 e. The van der Waals surface area contributed by atoms with Gasteiger partial charge in [0.15, 0.2) is 0 Å². The van der Waals surface area contributed by atoms with Crippen LogP contribution in [-0.2, 0) is 23.9 Å². The van der Waals surface area contributed by atoms with Crippen LogP contribution in [0.3, 0.4) is 0 Å². The van der Waals surface area contributed by atoms with Gasteiger partial charge < -0.3 is 14.8 Å². The highest BCUT2D eigenvalue weighted by molar-refractivity contribution is 5.96. The predicted octanol–water partition coefficient (Wildman–Crippen LogP) is 0.811. The SMILES string of the molecule is C=CCOC(=O)C1C2CCCC21C(=O)NCC(=O)OCC. The number of fused-ring (bicyclic) bond motifs is 1. The van der Waals surface area contributed by atoms with Crippen molar-refractivity contribution in [1.29, 1.82) is 0 Å². The minimum absolute atomic E-state index is 0.0389. The summed E-state index contributed by atoms with van der Waals surface area (Å²) in [6, 6.07) is 0. The third-order valence-electron chi connectivity index (χ3n) is 4.33. The van der Waals surface area contributed by atoms with Crippen molar-refractivity contribution in [3.63, 3.8) is 0 Å². The molecule has 0 spiro atoms. The standard InChI is InChI=1S/C15H21NO5/c1-3-8-21-13(18)12-10-6-5-7-15(10,12)14(19)16-9-11(17)20-4-2/h3,10,12H,1,4-9H2,2H3,(H,16,19). The Bertz CT molecular complexity index is 461. The Morgan fingerprint density at radius 1 is 1.38 bits per heavy atom.